The third-order valence-corrected chi connectivity index (χ3v) is 3.09. The maximum atomic E-state index is 11.8. The van der Waals surface area contributed by atoms with Crippen molar-refractivity contribution in [2.75, 3.05) is 6.54 Å². The van der Waals surface area contributed by atoms with Crippen LogP contribution in [0.25, 0.3) is 0 Å². The largest absolute Gasteiger partial charge is 0.508 e. The minimum atomic E-state index is 0.104. The van der Waals surface area contributed by atoms with Crippen molar-refractivity contribution in [3.05, 3.63) is 42.0 Å². The van der Waals surface area contributed by atoms with Crippen molar-refractivity contribution in [3.63, 3.8) is 0 Å². The molecule has 0 saturated carbocycles. The molecule has 1 aliphatic rings. The van der Waals surface area contributed by atoms with E-state index in [0.717, 1.165) is 18.5 Å². The van der Waals surface area contributed by atoms with Crippen molar-refractivity contribution in [1.29, 1.82) is 0 Å². The number of carbonyl (C=O) groups is 1. The number of hydrogen-bond acceptors (Lipinski definition) is 2. The molecule has 3 nitrogen and oxygen atoms in total. The van der Waals surface area contributed by atoms with Gasteiger partial charge < -0.3 is 10.0 Å². The average Bonchev–Trinajstić information content (AvgIpc) is 2.64. The molecule has 0 aromatic heterocycles. The van der Waals surface area contributed by atoms with E-state index in [2.05, 4.69) is 13.8 Å². The Balaban J connectivity index is 2.05. The molecule has 2 rings (SSSR count). The average molecular weight is 245 g/mol. The van der Waals surface area contributed by atoms with Crippen LogP contribution in [0, 0.1) is 5.92 Å². The fraction of sp³-hybridized carbons (Fsp3) is 0.400. The number of benzene rings is 1. The zero-order chi connectivity index (χ0) is 13.1. The predicted octanol–water partition coefficient (Wildman–Crippen LogP) is 2.36. The number of carbonyl (C=O) groups excluding carboxylic acids is 1. The number of phenols is 1. The fourth-order valence-electron chi connectivity index (χ4n) is 2.23. The standard InChI is InChI=1S/C15H19NO2/c1-11(2)10-16-13(5-8-15(16)18)9-12-3-6-14(17)7-4-12/h3-8,11,13,17H,9-10H2,1-2H3. The van der Waals surface area contributed by atoms with Crippen molar-refractivity contribution < 1.29 is 9.90 Å². The van der Waals surface area contributed by atoms with E-state index in [1.807, 2.05) is 23.1 Å². The smallest absolute Gasteiger partial charge is 0.246 e. The first-order valence-corrected chi connectivity index (χ1v) is 6.33. The topological polar surface area (TPSA) is 40.5 Å². The molecule has 18 heavy (non-hydrogen) atoms. The van der Waals surface area contributed by atoms with Gasteiger partial charge in [-0.1, -0.05) is 32.1 Å². The molecule has 1 aromatic carbocycles. The summed E-state index contributed by atoms with van der Waals surface area (Å²) in [5.41, 5.74) is 1.13. The molecule has 1 aliphatic heterocycles. The van der Waals surface area contributed by atoms with Crippen LogP contribution < -0.4 is 0 Å². The molecule has 0 aliphatic carbocycles. The fourth-order valence-corrected chi connectivity index (χ4v) is 2.23. The first-order chi connectivity index (χ1) is 8.56. The Bertz CT molecular complexity index is 448. The highest BCUT2D eigenvalue weighted by molar-refractivity contribution is 5.90. The lowest BCUT2D eigenvalue weighted by atomic mass is 10.0. The summed E-state index contributed by atoms with van der Waals surface area (Å²) < 4.78 is 0. The molecule has 0 bridgehead atoms. The molecule has 0 radical (unpaired) electrons. The van der Waals surface area contributed by atoms with Gasteiger partial charge in [0, 0.05) is 12.6 Å². The highest BCUT2D eigenvalue weighted by atomic mass is 16.3. The van der Waals surface area contributed by atoms with Crippen LogP contribution in [-0.4, -0.2) is 28.5 Å². The summed E-state index contributed by atoms with van der Waals surface area (Å²) in [6.07, 6.45) is 4.43. The molecule has 1 heterocycles. The summed E-state index contributed by atoms with van der Waals surface area (Å²) in [4.78, 5) is 13.7. The molecule has 1 atom stereocenters. The molecular weight excluding hydrogens is 226 g/mol. The first kappa shape index (κ1) is 12.7. The second kappa shape index (κ2) is 5.25. The third kappa shape index (κ3) is 2.92. The normalized spacial score (nSPS) is 18.9. The number of hydrogen-bond donors (Lipinski definition) is 1. The van der Waals surface area contributed by atoms with Gasteiger partial charge in [-0.2, -0.15) is 0 Å². The maximum absolute atomic E-state index is 11.8. The summed E-state index contributed by atoms with van der Waals surface area (Å²) in [7, 11) is 0. The summed E-state index contributed by atoms with van der Waals surface area (Å²) in [5, 5.41) is 9.25. The van der Waals surface area contributed by atoms with Crippen LogP contribution in [0.5, 0.6) is 5.75 Å². The van der Waals surface area contributed by atoms with Gasteiger partial charge in [0.15, 0.2) is 0 Å². The van der Waals surface area contributed by atoms with E-state index < -0.39 is 0 Å². The minimum absolute atomic E-state index is 0.104. The van der Waals surface area contributed by atoms with Crippen molar-refractivity contribution in [2.24, 2.45) is 5.92 Å². The molecular formula is C15H19NO2. The Morgan fingerprint density at radius 1 is 1.28 bits per heavy atom. The van der Waals surface area contributed by atoms with Gasteiger partial charge in [0.1, 0.15) is 5.75 Å². The van der Waals surface area contributed by atoms with Crippen LogP contribution in [0.15, 0.2) is 36.4 Å². The Kier molecular flexibility index (Phi) is 3.70. The van der Waals surface area contributed by atoms with Crippen molar-refractivity contribution in [2.45, 2.75) is 26.3 Å². The van der Waals surface area contributed by atoms with Crippen LogP contribution in [0.4, 0.5) is 0 Å². The lowest BCUT2D eigenvalue weighted by molar-refractivity contribution is -0.126. The van der Waals surface area contributed by atoms with E-state index in [0.29, 0.717) is 5.92 Å². The third-order valence-electron chi connectivity index (χ3n) is 3.09. The monoisotopic (exact) mass is 245 g/mol. The number of phenolic OH excluding ortho intramolecular Hbond substituents is 1. The Morgan fingerprint density at radius 2 is 1.94 bits per heavy atom. The summed E-state index contributed by atoms with van der Waals surface area (Å²) in [6.45, 7) is 5.01. The summed E-state index contributed by atoms with van der Waals surface area (Å²) >= 11 is 0. The van der Waals surface area contributed by atoms with E-state index in [-0.39, 0.29) is 17.7 Å². The van der Waals surface area contributed by atoms with Gasteiger partial charge in [-0.3, -0.25) is 4.79 Å². The Labute approximate surface area is 108 Å². The molecule has 0 spiro atoms. The SMILES string of the molecule is CC(C)CN1C(=O)C=CC1Cc1ccc(O)cc1. The summed E-state index contributed by atoms with van der Waals surface area (Å²) in [5.74, 6) is 0.847. The molecule has 1 amide bonds. The number of rotatable bonds is 4. The highest BCUT2D eigenvalue weighted by Crippen LogP contribution is 2.19. The first-order valence-electron chi connectivity index (χ1n) is 6.33. The zero-order valence-electron chi connectivity index (χ0n) is 10.8. The van der Waals surface area contributed by atoms with Crippen molar-refractivity contribution >= 4 is 5.91 Å². The van der Waals surface area contributed by atoms with Crippen molar-refractivity contribution in [1.82, 2.24) is 4.90 Å². The van der Waals surface area contributed by atoms with Gasteiger partial charge in [-0.05, 0) is 30.0 Å². The zero-order valence-corrected chi connectivity index (χ0v) is 10.8. The quantitative estimate of drug-likeness (QED) is 0.884. The molecule has 1 unspecified atom stereocenters. The van der Waals surface area contributed by atoms with Gasteiger partial charge in [-0.25, -0.2) is 0 Å². The maximum Gasteiger partial charge on any atom is 0.246 e. The lowest BCUT2D eigenvalue weighted by Gasteiger charge is -2.26. The van der Waals surface area contributed by atoms with Gasteiger partial charge in [-0.15, -0.1) is 0 Å². The van der Waals surface area contributed by atoms with Crippen LogP contribution in [0.3, 0.4) is 0 Å². The van der Waals surface area contributed by atoms with E-state index in [1.165, 1.54) is 0 Å². The van der Waals surface area contributed by atoms with Crippen LogP contribution in [-0.2, 0) is 11.2 Å². The number of nitrogens with zero attached hydrogens (tertiary/aromatic N) is 1. The molecule has 96 valence electrons. The lowest BCUT2D eigenvalue weighted by Crippen LogP contribution is -2.37. The predicted molar refractivity (Wildman–Crippen MR) is 71.3 cm³/mol. The van der Waals surface area contributed by atoms with Gasteiger partial charge in [0.05, 0.1) is 6.04 Å². The van der Waals surface area contributed by atoms with Crippen LogP contribution in [0.2, 0.25) is 0 Å². The number of amides is 1. The van der Waals surface area contributed by atoms with E-state index in [9.17, 15) is 9.90 Å². The molecule has 0 fully saturated rings. The van der Waals surface area contributed by atoms with Gasteiger partial charge in [0.2, 0.25) is 5.91 Å². The van der Waals surface area contributed by atoms with E-state index in [1.54, 1.807) is 18.2 Å². The highest BCUT2D eigenvalue weighted by Gasteiger charge is 2.26. The molecule has 1 N–H and O–H groups in total. The summed E-state index contributed by atoms with van der Waals surface area (Å²) in [6, 6.07) is 7.31. The van der Waals surface area contributed by atoms with Crippen LogP contribution in [0.1, 0.15) is 19.4 Å². The van der Waals surface area contributed by atoms with E-state index in [4.69, 9.17) is 0 Å². The Morgan fingerprint density at radius 3 is 2.56 bits per heavy atom. The molecule has 0 saturated heterocycles. The van der Waals surface area contributed by atoms with Crippen molar-refractivity contribution in [3.8, 4) is 5.75 Å². The van der Waals surface area contributed by atoms with E-state index >= 15 is 0 Å². The second-order valence-electron chi connectivity index (χ2n) is 5.18. The minimum Gasteiger partial charge on any atom is -0.508 e. The Hall–Kier alpha value is -1.77. The number of aromatic hydroxyl groups is 1. The van der Waals surface area contributed by atoms with Gasteiger partial charge >= 0.3 is 0 Å². The molecule has 1 aromatic rings. The van der Waals surface area contributed by atoms with Crippen LogP contribution >= 0.6 is 0 Å². The second-order valence-corrected chi connectivity index (χ2v) is 5.18. The van der Waals surface area contributed by atoms with Gasteiger partial charge in [0.25, 0.3) is 0 Å². The molecule has 3 heteroatoms.